The van der Waals surface area contributed by atoms with Crippen molar-refractivity contribution < 1.29 is 18.9 Å². The van der Waals surface area contributed by atoms with Crippen molar-refractivity contribution in [2.24, 2.45) is 11.8 Å². The minimum Gasteiger partial charge on any atom is -0.493 e. The molecule has 0 saturated heterocycles. The van der Waals surface area contributed by atoms with Crippen molar-refractivity contribution in [1.29, 1.82) is 0 Å². The lowest BCUT2D eigenvalue weighted by Gasteiger charge is -2.24. The van der Waals surface area contributed by atoms with E-state index in [1.165, 1.54) is 114 Å². The molecule has 3 rings (SSSR count). The van der Waals surface area contributed by atoms with E-state index >= 15 is 0 Å². The van der Waals surface area contributed by atoms with E-state index in [0.717, 1.165) is 70.9 Å². The molecule has 0 saturated carbocycles. The first-order chi connectivity index (χ1) is 28.5. The Morgan fingerprint density at radius 1 is 0.500 bits per heavy atom. The van der Waals surface area contributed by atoms with E-state index in [9.17, 15) is 0 Å². The number of benzene rings is 3. The zero-order chi connectivity index (χ0) is 41.8. The number of rotatable bonds is 33. The number of aryl methyl sites for hydroxylation is 1. The minimum absolute atomic E-state index is 0.497. The highest BCUT2D eigenvalue weighted by molar-refractivity contribution is 5.99. The summed E-state index contributed by atoms with van der Waals surface area (Å²) in [6, 6.07) is 13.1. The fraction of sp³-hybridized carbons (Fsp3) is 0.630. The van der Waals surface area contributed by atoms with Gasteiger partial charge in [-0.3, -0.25) is 0 Å². The third-order valence-corrected chi connectivity index (χ3v) is 11.9. The summed E-state index contributed by atoms with van der Waals surface area (Å²) in [4.78, 5) is 0. The Morgan fingerprint density at radius 2 is 0.966 bits per heavy atom. The summed E-state index contributed by atoms with van der Waals surface area (Å²) in [6.45, 7) is 20.8. The van der Waals surface area contributed by atoms with Gasteiger partial charge in [0.1, 0.15) is 11.5 Å². The van der Waals surface area contributed by atoms with Crippen LogP contribution in [0.15, 0.2) is 42.5 Å². The average Bonchev–Trinajstić information content (AvgIpc) is 3.24. The molecule has 0 amide bonds. The molecule has 0 heterocycles. The van der Waals surface area contributed by atoms with Crippen LogP contribution in [0.2, 0.25) is 0 Å². The molecule has 3 aromatic carbocycles. The lowest BCUT2D eigenvalue weighted by Crippen LogP contribution is -2.15. The molecule has 3 aromatic rings. The number of fused-ring (bicyclic) bond motifs is 1. The molecule has 4 heteroatoms. The van der Waals surface area contributed by atoms with E-state index in [1.807, 2.05) is 0 Å². The van der Waals surface area contributed by atoms with Crippen molar-refractivity contribution in [3.8, 4) is 23.0 Å². The first-order valence-corrected chi connectivity index (χ1v) is 24.0. The largest absolute Gasteiger partial charge is 0.493 e. The second kappa shape index (κ2) is 29.8. The Balaban J connectivity index is 2.13. The number of unbranched alkanes of at least 4 members (excludes halogenated alkanes) is 12. The van der Waals surface area contributed by atoms with Crippen LogP contribution in [0.1, 0.15) is 199 Å². The van der Waals surface area contributed by atoms with Crippen molar-refractivity contribution in [2.45, 2.75) is 184 Å². The molecule has 0 radical (unpaired) electrons. The monoisotopic (exact) mass is 797 g/mol. The van der Waals surface area contributed by atoms with Gasteiger partial charge >= 0.3 is 0 Å². The summed E-state index contributed by atoms with van der Waals surface area (Å²) < 4.78 is 27.2. The van der Waals surface area contributed by atoms with Crippen LogP contribution in [0.3, 0.4) is 0 Å². The van der Waals surface area contributed by atoms with E-state index in [2.05, 4.69) is 116 Å². The van der Waals surface area contributed by atoms with Crippen LogP contribution in [0.5, 0.6) is 23.0 Å². The first-order valence-electron chi connectivity index (χ1n) is 24.0. The average molecular weight is 797 g/mol. The van der Waals surface area contributed by atoms with Crippen molar-refractivity contribution in [1.82, 2.24) is 0 Å². The summed E-state index contributed by atoms with van der Waals surface area (Å²) in [5.41, 5.74) is 4.31. The molecule has 58 heavy (non-hydrogen) atoms. The van der Waals surface area contributed by atoms with Gasteiger partial charge in [0.05, 0.1) is 26.4 Å². The fourth-order valence-corrected chi connectivity index (χ4v) is 7.85. The highest BCUT2D eigenvalue weighted by atomic mass is 16.5. The second-order valence-corrected chi connectivity index (χ2v) is 16.7. The predicted molar refractivity (Wildman–Crippen MR) is 254 cm³/mol. The molecule has 4 nitrogen and oxygen atoms in total. The molecule has 2 atom stereocenters. The van der Waals surface area contributed by atoms with Gasteiger partial charge in [-0.1, -0.05) is 187 Å². The SMILES string of the molecule is C/C=C/c1cc(OCCCCCCCC)c(/C=C/c2c(OCC(CC)CCCC)c(OCC(CC)CCCC)c(C)c3ccccc23)cc1OCCCCCCCC. The summed E-state index contributed by atoms with van der Waals surface area (Å²) in [5, 5.41) is 2.38. The number of ether oxygens (including phenoxy) is 4. The molecule has 0 bridgehead atoms. The van der Waals surface area contributed by atoms with Crippen LogP contribution in [-0.4, -0.2) is 26.4 Å². The predicted octanol–water partition coefficient (Wildman–Crippen LogP) is 17.0. The van der Waals surface area contributed by atoms with Crippen LogP contribution in [0, 0.1) is 18.8 Å². The second-order valence-electron chi connectivity index (χ2n) is 16.7. The van der Waals surface area contributed by atoms with Crippen LogP contribution < -0.4 is 18.9 Å². The van der Waals surface area contributed by atoms with Crippen molar-refractivity contribution >= 4 is 29.0 Å². The van der Waals surface area contributed by atoms with Gasteiger partial charge in [0.25, 0.3) is 0 Å². The van der Waals surface area contributed by atoms with Gasteiger partial charge in [-0.2, -0.15) is 0 Å². The quantitative estimate of drug-likeness (QED) is 0.0454. The number of allylic oxidation sites excluding steroid dienone is 1. The molecular weight excluding hydrogens is 713 g/mol. The number of hydrogen-bond acceptors (Lipinski definition) is 4. The van der Waals surface area contributed by atoms with E-state index in [0.29, 0.717) is 38.3 Å². The standard InChI is InChI=1S/C54H84O4/c1-9-16-20-22-24-28-37-55-51-40-47(52(39-46(51)30-13-5)56-38-29-25-23-21-17-10-2)35-36-50-49-34-27-26-33-48(49)43(8)53(57-41-44(14-6)31-18-11-3)54(50)58-42-45(15-7)32-19-12-4/h13,26-27,30,33-36,39-40,44-45H,9-12,14-25,28-29,31-32,37-38,41-42H2,1-8H3/b30-13+,36-35+. The lowest BCUT2D eigenvalue weighted by atomic mass is 9.96. The summed E-state index contributed by atoms with van der Waals surface area (Å²) in [7, 11) is 0. The van der Waals surface area contributed by atoms with Crippen molar-refractivity contribution in [3.63, 3.8) is 0 Å². The fourth-order valence-electron chi connectivity index (χ4n) is 7.85. The zero-order valence-corrected chi connectivity index (χ0v) is 38.5. The maximum Gasteiger partial charge on any atom is 0.169 e. The van der Waals surface area contributed by atoms with Crippen LogP contribution in [-0.2, 0) is 0 Å². The van der Waals surface area contributed by atoms with Crippen LogP contribution in [0.4, 0.5) is 0 Å². The zero-order valence-electron chi connectivity index (χ0n) is 38.5. The summed E-state index contributed by atoms with van der Waals surface area (Å²) >= 11 is 0. The van der Waals surface area contributed by atoms with E-state index in [1.54, 1.807) is 0 Å². The van der Waals surface area contributed by atoms with Gasteiger partial charge in [-0.05, 0) is 80.3 Å². The molecule has 0 aromatic heterocycles. The topological polar surface area (TPSA) is 36.9 Å². The third kappa shape index (κ3) is 16.7. The molecule has 0 N–H and O–H groups in total. The smallest absolute Gasteiger partial charge is 0.169 e. The Kier molecular flexibility index (Phi) is 25.1. The Bertz CT molecular complexity index is 1600. The molecule has 2 unspecified atom stereocenters. The molecule has 0 fully saturated rings. The Morgan fingerprint density at radius 3 is 1.47 bits per heavy atom. The minimum atomic E-state index is 0.497. The first kappa shape index (κ1) is 49.0. The van der Waals surface area contributed by atoms with E-state index in [-0.39, 0.29) is 0 Å². The number of hydrogen-bond donors (Lipinski definition) is 0. The normalized spacial score (nSPS) is 12.8. The third-order valence-electron chi connectivity index (χ3n) is 11.9. The van der Waals surface area contributed by atoms with Crippen molar-refractivity contribution in [3.05, 3.63) is 64.7 Å². The van der Waals surface area contributed by atoms with Gasteiger partial charge in [0.2, 0.25) is 0 Å². The Hall–Kier alpha value is -3.40. The molecule has 0 aliphatic rings. The molecule has 0 aliphatic heterocycles. The van der Waals surface area contributed by atoms with E-state index < -0.39 is 0 Å². The van der Waals surface area contributed by atoms with E-state index in [4.69, 9.17) is 18.9 Å². The highest BCUT2D eigenvalue weighted by Crippen LogP contribution is 2.44. The van der Waals surface area contributed by atoms with Crippen LogP contribution in [0.25, 0.3) is 29.0 Å². The maximum atomic E-state index is 7.03. The highest BCUT2D eigenvalue weighted by Gasteiger charge is 2.22. The van der Waals surface area contributed by atoms with Gasteiger partial charge in [-0.25, -0.2) is 0 Å². The van der Waals surface area contributed by atoms with Crippen LogP contribution >= 0.6 is 0 Å². The lowest BCUT2D eigenvalue weighted by molar-refractivity contribution is 0.198. The van der Waals surface area contributed by atoms with Gasteiger partial charge < -0.3 is 18.9 Å². The Labute approximate surface area is 356 Å². The van der Waals surface area contributed by atoms with Gasteiger partial charge in [-0.15, -0.1) is 0 Å². The summed E-state index contributed by atoms with van der Waals surface area (Å²) in [6.07, 6.45) is 33.0. The molecule has 0 aliphatic carbocycles. The maximum absolute atomic E-state index is 7.03. The van der Waals surface area contributed by atoms with Gasteiger partial charge in [0, 0.05) is 22.3 Å². The molecule has 0 spiro atoms. The molecule has 324 valence electrons. The van der Waals surface area contributed by atoms with Gasteiger partial charge in [0.15, 0.2) is 11.5 Å². The summed E-state index contributed by atoms with van der Waals surface area (Å²) in [5.74, 6) is 4.58. The molecular formula is C54H84O4. The van der Waals surface area contributed by atoms with Crippen molar-refractivity contribution in [2.75, 3.05) is 26.4 Å².